The van der Waals surface area contributed by atoms with Gasteiger partial charge in [-0.15, -0.1) is 0 Å². The molecule has 2 rings (SSSR count). The molecular formula is C15H21F2NO3. The van der Waals surface area contributed by atoms with Crippen LogP contribution >= 0.6 is 0 Å². The fraction of sp³-hybridized carbons (Fsp3) is 0.600. The number of hydrogen-bond donors (Lipinski definition) is 1. The lowest BCUT2D eigenvalue weighted by atomic mass is 10.2. The first-order valence-electron chi connectivity index (χ1n) is 7.18. The molecule has 1 aliphatic rings. The van der Waals surface area contributed by atoms with Crippen molar-refractivity contribution < 1.29 is 23.4 Å². The van der Waals surface area contributed by atoms with Gasteiger partial charge in [0.15, 0.2) is 11.6 Å². The molecule has 1 aromatic rings. The molecule has 2 atom stereocenters. The minimum Gasteiger partial charge on any atom is -0.491 e. The molecule has 1 heterocycles. The van der Waals surface area contributed by atoms with Gasteiger partial charge >= 0.3 is 0 Å². The van der Waals surface area contributed by atoms with Crippen molar-refractivity contribution in [1.29, 1.82) is 0 Å². The van der Waals surface area contributed by atoms with Crippen molar-refractivity contribution in [3.8, 4) is 5.75 Å². The summed E-state index contributed by atoms with van der Waals surface area (Å²) in [5.41, 5.74) is 0. The minimum absolute atomic E-state index is 0.143. The highest BCUT2D eigenvalue weighted by Crippen LogP contribution is 2.16. The standard InChI is InChI=1S/C15H21F2NO3/c1-2-11(19)8-18-5-6-20-13(9-18)10-21-12-3-4-14(16)15(17)7-12/h3-4,7,11,13,19H,2,5-6,8-10H2,1H3. The second kappa shape index (κ2) is 7.68. The number of ether oxygens (including phenoxy) is 2. The number of morpholine rings is 1. The van der Waals surface area contributed by atoms with Crippen molar-refractivity contribution >= 4 is 0 Å². The van der Waals surface area contributed by atoms with Crippen LogP contribution in [0.15, 0.2) is 18.2 Å². The minimum atomic E-state index is -0.926. The van der Waals surface area contributed by atoms with E-state index in [-0.39, 0.29) is 24.6 Å². The second-order valence-electron chi connectivity index (χ2n) is 5.20. The molecule has 1 N–H and O–H groups in total. The predicted molar refractivity (Wildman–Crippen MR) is 74.3 cm³/mol. The number of hydrogen-bond acceptors (Lipinski definition) is 4. The van der Waals surface area contributed by atoms with Crippen molar-refractivity contribution in [2.75, 3.05) is 32.8 Å². The zero-order valence-corrected chi connectivity index (χ0v) is 12.1. The quantitative estimate of drug-likeness (QED) is 0.870. The average molecular weight is 301 g/mol. The molecule has 21 heavy (non-hydrogen) atoms. The number of benzene rings is 1. The number of rotatable bonds is 6. The Morgan fingerprint density at radius 2 is 2.24 bits per heavy atom. The maximum atomic E-state index is 13.1. The molecule has 0 spiro atoms. The van der Waals surface area contributed by atoms with Crippen LogP contribution in [0.3, 0.4) is 0 Å². The Labute approximate surface area is 123 Å². The van der Waals surface area contributed by atoms with E-state index in [1.807, 2.05) is 6.92 Å². The summed E-state index contributed by atoms with van der Waals surface area (Å²) in [6.45, 7) is 4.82. The maximum absolute atomic E-state index is 13.1. The summed E-state index contributed by atoms with van der Waals surface area (Å²) in [4.78, 5) is 2.12. The molecule has 0 aliphatic carbocycles. The van der Waals surface area contributed by atoms with Crippen LogP contribution in [0.1, 0.15) is 13.3 Å². The molecule has 118 valence electrons. The Bertz CT molecular complexity index is 459. The lowest BCUT2D eigenvalue weighted by Crippen LogP contribution is -2.47. The molecule has 0 saturated carbocycles. The summed E-state index contributed by atoms with van der Waals surface area (Å²) in [6, 6.07) is 3.45. The molecule has 2 unspecified atom stereocenters. The molecule has 1 aromatic carbocycles. The van der Waals surface area contributed by atoms with E-state index in [4.69, 9.17) is 9.47 Å². The molecule has 0 bridgehead atoms. The number of aliphatic hydroxyl groups excluding tert-OH is 1. The van der Waals surface area contributed by atoms with Crippen LogP contribution < -0.4 is 4.74 Å². The van der Waals surface area contributed by atoms with Gasteiger partial charge in [0.2, 0.25) is 0 Å². The summed E-state index contributed by atoms with van der Waals surface area (Å²) < 4.78 is 36.9. The highest BCUT2D eigenvalue weighted by Gasteiger charge is 2.22. The Morgan fingerprint density at radius 1 is 1.43 bits per heavy atom. The van der Waals surface area contributed by atoms with Crippen molar-refractivity contribution in [1.82, 2.24) is 4.90 Å². The van der Waals surface area contributed by atoms with E-state index < -0.39 is 11.6 Å². The average Bonchev–Trinajstić information content (AvgIpc) is 2.49. The molecule has 6 heteroatoms. The lowest BCUT2D eigenvalue weighted by molar-refractivity contribution is -0.0575. The van der Waals surface area contributed by atoms with E-state index in [0.717, 1.165) is 18.7 Å². The van der Waals surface area contributed by atoms with Crippen molar-refractivity contribution in [3.63, 3.8) is 0 Å². The summed E-state index contributed by atoms with van der Waals surface area (Å²) in [5, 5.41) is 9.67. The third-order valence-electron chi connectivity index (χ3n) is 3.49. The van der Waals surface area contributed by atoms with Gasteiger partial charge in [-0.2, -0.15) is 0 Å². The van der Waals surface area contributed by atoms with Gasteiger partial charge in [0.25, 0.3) is 0 Å². The molecule has 0 radical (unpaired) electrons. The summed E-state index contributed by atoms with van der Waals surface area (Å²) in [6.07, 6.45) is 0.236. The van der Waals surface area contributed by atoms with Gasteiger partial charge in [0, 0.05) is 25.7 Å². The first kappa shape index (κ1) is 16.1. The third kappa shape index (κ3) is 4.91. The molecular weight excluding hydrogens is 280 g/mol. The van der Waals surface area contributed by atoms with E-state index in [9.17, 15) is 13.9 Å². The summed E-state index contributed by atoms with van der Waals surface area (Å²) in [7, 11) is 0. The van der Waals surface area contributed by atoms with Gasteiger partial charge < -0.3 is 14.6 Å². The zero-order chi connectivity index (χ0) is 15.2. The fourth-order valence-electron chi connectivity index (χ4n) is 2.23. The molecule has 1 aliphatic heterocycles. The van der Waals surface area contributed by atoms with E-state index in [2.05, 4.69) is 4.90 Å². The van der Waals surface area contributed by atoms with E-state index >= 15 is 0 Å². The van der Waals surface area contributed by atoms with Gasteiger partial charge in [-0.3, -0.25) is 4.90 Å². The zero-order valence-electron chi connectivity index (χ0n) is 12.1. The number of halogens is 2. The van der Waals surface area contributed by atoms with Crippen molar-refractivity contribution in [3.05, 3.63) is 29.8 Å². The van der Waals surface area contributed by atoms with Crippen molar-refractivity contribution in [2.24, 2.45) is 0 Å². The first-order chi connectivity index (χ1) is 10.1. The molecule has 0 amide bonds. The van der Waals surface area contributed by atoms with Crippen LogP contribution in [0.5, 0.6) is 5.75 Å². The fourth-order valence-corrected chi connectivity index (χ4v) is 2.23. The second-order valence-corrected chi connectivity index (χ2v) is 5.20. The SMILES string of the molecule is CCC(O)CN1CCOC(COc2ccc(F)c(F)c2)C1. The first-order valence-corrected chi connectivity index (χ1v) is 7.18. The van der Waals surface area contributed by atoms with Crippen LogP contribution in [0, 0.1) is 11.6 Å². The molecule has 4 nitrogen and oxygen atoms in total. The Kier molecular flexibility index (Phi) is 5.90. The van der Waals surface area contributed by atoms with Gasteiger partial charge in [-0.1, -0.05) is 6.92 Å². The van der Waals surface area contributed by atoms with Gasteiger partial charge in [0.05, 0.1) is 12.7 Å². The Balaban J connectivity index is 1.81. The van der Waals surface area contributed by atoms with E-state index in [1.54, 1.807) is 0 Å². The third-order valence-corrected chi connectivity index (χ3v) is 3.49. The Hall–Kier alpha value is -1.24. The normalized spacial score (nSPS) is 21.2. The Morgan fingerprint density at radius 3 is 2.95 bits per heavy atom. The lowest BCUT2D eigenvalue weighted by Gasteiger charge is -2.33. The van der Waals surface area contributed by atoms with Crippen molar-refractivity contribution in [2.45, 2.75) is 25.6 Å². The van der Waals surface area contributed by atoms with Gasteiger partial charge in [-0.25, -0.2) is 8.78 Å². The van der Waals surface area contributed by atoms with Crippen LogP contribution in [-0.4, -0.2) is 55.1 Å². The predicted octanol–water partition coefficient (Wildman–Crippen LogP) is 1.82. The number of nitrogens with zero attached hydrogens (tertiary/aromatic N) is 1. The number of aliphatic hydroxyl groups is 1. The van der Waals surface area contributed by atoms with Crippen LogP contribution in [0.25, 0.3) is 0 Å². The highest BCUT2D eigenvalue weighted by molar-refractivity contribution is 5.23. The van der Waals surface area contributed by atoms with Crippen LogP contribution in [0.2, 0.25) is 0 Å². The largest absolute Gasteiger partial charge is 0.491 e. The summed E-state index contributed by atoms with van der Waals surface area (Å²) in [5.74, 6) is -1.54. The summed E-state index contributed by atoms with van der Waals surface area (Å²) >= 11 is 0. The maximum Gasteiger partial charge on any atom is 0.162 e. The monoisotopic (exact) mass is 301 g/mol. The molecule has 1 saturated heterocycles. The molecule has 1 fully saturated rings. The van der Waals surface area contributed by atoms with E-state index in [1.165, 1.54) is 6.07 Å². The van der Waals surface area contributed by atoms with E-state index in [0.29, 0.717) is 26.1 Å². The van der Waals surface area contributed by atoms with Crippen LogP contribution in [0.4, 0.5) is 8.78 Å². The highest BCUT2D eigenvalue weighted by atomic mass is 19.2. The molecule has 0 aromatic heterocycles. The number of β-amino-alcohol motifs (C(OH)–C–C–N with tert-alkyl or cyclic N) is 1. The smallest absolute Gasteiger partial charge is 0.162 e. The van der Waals surface area contributed by atoms with Gasteiger partial charge in [0.1, 0.15) is 18.5 Å². The topological polar surface area (TPSA) is 41.9 Å². The van der Waals surface area contributed by atoms with Crippen LogP contribution in [-0.2, 0) is 4.74 Å². The van der Waals surface area contributed by atoms with Gasteiger partial charge in [-0.05, 0) is 18.6 Å².